The van der Waals surface area contributed by atoms with Gasteiger partial charge in [-0.25, -0.2) is 4.99 Å². The minimum atomic E-state index is -4.39. The Morgan fingerprint density at radius 1 is 1.30 bits per heavy atom. The Balaban J connectivity index is 1.50. The van der Waals surface area contributed by atoms with E-state index >= 15 is 0 Å². The molecule has 0 saturated carbocycles. The van der Waals surface area contributed by atoms with Crippen LogP contribution in [0, 0.1) is 13.8 Å². The fourth-order valence-corrected chi connectivity index (χ4v) is 4.52. The number of thioether (sulfide) groups is 1. The van der Waals surface area contributed by atoms with Gasteiger partial charge in [0.15, 0.2) is 5.17 Å². The number of rotatable bonds is 4. The van der Waals surface area contributed by atoms with Crippen LogP contribution in [0.1, 0.15) is 35.4 Å². The molecule has 3 heterocycles. The lowest BCUT2D eigenvalue weighted by molar-refractivity contribution is -0.137. The van der Waals surface area contributed by atoms with Crippen LogP contribution in [0.25, 0.3) is 0 Å². The van der Waals surface area contributed by atoms with Crippen LogP contribution in [0.5, 0.6) is 0 Å². The minimum absolute atomic E-state index is 0.244. The number of alkyl halides is 3. The van der Waals surface area contributed by atoms with Gasteiger partial charge in [0.05, 0.1) is 23.1 Å². The monoisotopic (exact) mass is 436 g/mol. The molecule has 1 N–H and O–H groups in total. The number of nitrogens with one attached hydrogen (secondary N) is 1. The first-order chi connectivity index (χ1) is 14.3. The van der Waals surface area contributed by atoms with Crippen molar-refractivity contribution >= 4 is 28.3 Å². The first kappa shape index (κ1) is 21.0. The van der Waals surface area contributed by atoms with E-state index in [-0.39, 0.29) is 11.8 Å². The average molecular weight is 437 g/mol. The van der Waals surface area contributed by atoms with E-state index in [0.717, 1.165) is 60.8 Å². The zero-order valence-electron chi connectivity index (χ0n) is 16.8. The maximum absolute atomic E-state index is 12.9. The maximum atomic E-state index is 12.9. The topological polar surface area (TPSA) is 50.9 Å². The molecule has 1 saturated heterocycles. The highest BCUT2D eigenvalue weighted by Gasteiger charge is 2.30. The molecular weight excluding hydrogens is 413 g/mol. The van der Waals surface area contributed by atoms with Gasteiger partial charge in [0.1, 0.15) is 0 Å². The van der Waals surface area contributed by atoms with Gasteiger partial charge in [-0.1, -0.05) is 17.8 Å². The number of aliphatic imine (C=N–C) groups is 1. The second-order valence-corrected chi connectivity index (χ2v) is 8.42. The number of hydrazone groups is 1. The summed E-state index contributed by atoms with van der Waals surface area (Å²) < 4.78 is 46.7. The van der Waals surface area contributed by atoms with Crippen LogP contribution >= 0.6 is 11.8 Å². The third-order valence-corrected chi connectivity index (χ3v) is 6.20. The van der Waals surface area contributed by atoms with Gasteiger partial charge in [0, 0.05) is 35.9 Å². The molecule has 160 valence electrons. The van der Waals surface area contributed by atoms with Crippen LogP contribution in [0.15, 0.2) is 40.4 Å². The number of amidine groups is 1. The molecule has 0 spiro atoms. The number of ether oxygens (including phenoxy) is 1. The highest BCUT2D eigenvalue weighted by molar-refractivity contribution is 8.14. The zero-order chi connectivity index (χ0) is 21.3. The predicted octanol–water partition coefficient (Wildman–Crippen LogP) is 5.03. The van der Waals surface area contributed by atoms with Crippen molar-refractivity contribution in [2.24, 2.45) is 10.1 Å². The summed E-state index contributed by atoms with van der Waals surface area (Å²) in [4.78, 5) is 4.27. The Kier molecular flexibility index (Phi) is 5.92. The summed E-state index contributed by atoms with van der Waals surface area (Å²) in [5.41, 5.74) is 6.69. The fraction of sp³-hybridized carbons (Fsp3) is 0.429. The molecule has 0 aliphatic carbocycles. The van der Waals surface area contributed by atoms with Gasteiger partial charge in [-0.15, -0.1) is 0 Å². The molecule has 2 aliphatic rings. The summed E-state index contributed by atoms with van der Waals surface area (Å²) in [7, 11) is 0. The van der Waals surface area contributed by atoms with Gasteiger partial charge in [0.25, 0.3) is 0 Å². The van der Waals surface area contributed by atoms with Crippen LogP contribution in [0.3, 0.4) is 0 Å². The van der Waals surface area contributed by atoms with E-state index < -0.39 is 11.7 Å². The van der Waals surface area contributed by atoms with Crippen molar-refractivity contribution in [3.05, 3.63) is 52.8 Å². The standard InChI is InChI=1S/C21H23F3N4OS/c1-13-9-18(14(2)28(13)11-17-7-4-8-29-17)19-12-30-20(27-26-19)25-16-6-3-5-15(10-16)21(22,23)24/h3,5-6,9-10,17H,4,7-8,11-12H2,1-2H3,(H,25,27)/t17-/m0/s1. The first-order valence-corrected chi connectivity index (χ1v) is 10.8. The minimum Gasteiger partial charge on any atom is -0.376 e. The van der Waals surface area contributed by atoms with Crippen molar-refractivity contribution in [1.82, 2.24) is 9.99 Å². The van der Waals surface area contributed by atoms with E-state index in [1.54, 1.807) is 6.07 Å². The van der Waals surface area contributed by atoms with E-state index in [9.17, 15) is 13.2 Å². The summed E-state index contributed by atoms with van der Waals surface area (Å²) in [5.74, 6) is 0.592. The Morgan fingerprint density at radius 3 is 2.80 bits per heavy atom. The van der Waals surface area contributed by atoms with Gasteiger partial charge < -0.3 is 9.30 Å². The highest BCUT2D eigenvalue weighted by Crippen LogP contribution is 2.32. The molecule has 5 nitrogen and oxygen atoms in total. The van der Waals surface area contributed by atoms with E-state index in [1.165, 1.54) is 17.8 Å². The van der Waals surface area contributed by atoms with Crippen molar-refractivity contribution in [3.8, 4) is 0 Å². The molecule has 2 aliphatic heterocycles. The number of benzene rings is 1. The number of hydrogen-bond acceptors (Lipinski definition) is 4. The Bertz CT molecular complexity index is 991. The molecule has 0 radical (unpaired) electrons. The van der Waals surface area contributed by atoms with Gasteiger partial charge in [-0.05, 0) is 51.0 Å². The summed E-state index contributed by atoms with van der Waals surface area (Å²) in [6.45, 7) is 5.83. The number of hydrogen-bond donors (Lipinski definition) is 1. The summed E-state index contributed by atoms with van der Waals surface area (Å²) >= 11 is 1.42. The quantitative estimate of drug-likeness (QED) is 0.731. The van der Waals surface area contributed by atoms with Gasteiger partial charge in [0.2, 0.25) is 0 Å². The molecular formula is C21H23F3N4OS. The summed E-state index contributed by atoms with van der Waals surface area (Å²) in [6.07, 6.45) is -1.94. The van der Waals surface area contributed by atoms with E-state index in [1.807, 2.05) is 0 Å². The molecule has 0 amide bonds. The predicted molar refractivity (Wildman–Crippen MR) is 114 cm³/mol. The van der Waals surface area contributed by atoms with Crippen molar-refractivity contribution in [2.45, 2.75) is 45.5 Å². The van der Waals surface area contributed by atoms with E-state index in [4.69, 9.17) is 4.74 Å². The van der Waals surface area contributed by atoms with Crippen LogP contribution in [0.2, 0.25) is 0 Å². The third kappa shape index (κ3) is 4.57. The molecule has 2 aromatic rings. The second-order valence-electron chi connectivity index (χ2n) is 7.45. The fourth-order valence-electron chi connectivity index (χ4n) is 3.75. The highest BCUT2D eigenvalue weighted by atomic mass is 32.2. The molecule has 4 rings (SSSR count). The Labute approximate surface area is 177 Å². The van der Waals surface area contributed by atoms with Gasteiger partial charge in [-0.3, -0.25) is 5.43 Å². The maximum Gasteiger partial charge on any atom is 0.416 e. The second kappa shape index (κ2) is 8.47. The van der Waals surface area contributed by atoms with E-state index in [0.29, 0.717) is 10.9 Å². The molecule has 1 atom stereocenters. The Hall–Kier alpha value is -2.26. The Morgan fingerprint density at radius 2 is 2.13 bits per heavy atom. The van der Waals surface area contributed by atoms with Crippen molar-refractivity contribution in [2.75, 3.05) is 12.4 Å². The van der Waals surface area contributed by atoms with Crippen molar-refractivity contribution in [3.63, 3.8) is 0 Å². The normalized spacial score (nSPS) is 21.0. The SMILES string of the molecule is Cc1cc(C2=NNC(=Nc3cccc(C(F)(F)F)c3)SC2)c(C)n1C[C@@H]1CCCO1. The van der Waals surface area contributed by atoms with Crippen LogP contribution in [-0.4, -0.2) is 33.9 Å². The molecule has 0 unspecified atom stereocenters. The van der Waals surface area contributed by atoms with Crippen molar-refractivity contribution < 1.29 is 17.9 Å². The van der Waals surface area contributed by atoms with Crippen molar-refractivity contribution in [1.29, 1.82) is 0 Å². The largest absolute Gasteiger partial charge is 0.416 e. The molecule has 1 aromatic heterocycles. The summed E-state index contributed by atoms with van der Waals surface area (Å²) in [5, 5.41) is 4.92. The lowest BCUT2D eigenvalue weighted by Crippen LogP contribution is -2.25. The lowest BCUT2D eigenvalue weighted by Gasteiger charge is -2.17. The molecule has 0 bridgehead atoms. The first-order valence-electron chi connectivity index (χ1n) is 9.81. The lowest BCUT2D eigenvalue weighted by atomic mass is 10.1. The number of halogens is 3. The third-order valence-electron chi connectivity index (χ3n) is 5.33. The molecule has 30 heavy (non-hydrogen) atoms. The smallest absolute Gasteiger partial charge is 0.376 e. The molecule has 9 heteroatoms. The average Bonchev–Trinajstić information content (AvgIpc) is 3.32. The zero-order valence-corrected chi connectivity index (χ0v) is 17.6. The van der Waals surface area contributed by atoms with E-state index in [2.05, 4.69) is 40.0 Å². The number of aromatic nitrogens is 1. The summed E-state index contributed by atoms with van der Waals surface area (Å²) in [6, 6.07) is 7.09. The molecule has 1 fully saturated rings. The molecule has 1 aromatic carbocycles. The van der Waals surface area contributed by atoms with Crippen LogP contribution in [-0.2, 0) is 17.5 Å². The number of nitrogens with zero attached hydrogens (tertiary/aromatic N) is 3. The van der Waals surface area contributed by atoms with Crippen LogP contribution < -0.4 is 5.43 Å². The van der Waals surface area contributed by atoms with Gasteiger partial charge >= 0.3 is 6.18 Å². The van der Waals surface area contributed by atoms with Crippen LogP contribution in [0.4, 0.5) is 18.9 Å². The number of aryl methyl sites for hydroxylation is 1. The van der Waals surface area contributed by atoms with Gasteiger partial charge in [-0.2, -0.15) is 18.3 Å².